The molecule has 1 aromatic rings. The van der Waals surface area contributed by atoms with Crippen LogP contribution in [0.25, 0.3) is 0 Å². The molecule has 1 saturated heterocycles. The second-order valence-electron chi connectivity index (χ2n) is 5.63. The van der Waals surface area contributed by atoms with Crippen LogP contribution in [0, 0.1) is 11.3 Å². The van der Waals surface area contributed by atoms with Crippen molar-refractivity contribution >= 4 is 15.9 Å². The Balaban J connectivity index is 2.01. The van der Waals surface area contributed by atoms with Crippen molar-refractivity contribution in [3.05, 3.63) is 35.4 Å². The molecule has 0 N–H and O–H groups in total. The van der Waals surface area contributed by atoms with E-state index in [9.17, 15) is 13.2 Å². The third-order valence-corrected chi connectivity index (χ3v) is 6.21. The zero-order valence-corrected chi connectivity index (χ0v) is 14.2. The van der Waals surface area contributed by atoms with Crippen LogP contribution in [0.5, 0.6) is 0 Å². The molecular formula is C16H21N3O3S. The Labute approximate surface area is 137 Å². The Morgan fingerprint density at radius 3 is 2.61 bits per heavy atom. The summed E-state index contributed by atoms with van der Waals surface area (Å²) in [5.74, 6) is -0.0228. The van der Waals surface area contributed by atoms with E-state index in [-0.39, 0.29) is 17.7 Å². The Hall–Kier alpha value is -1.91. The molecule has 1 aliphatic heterocycles. The molecule has 0 radical (unpaired) electrons. The number of hydrogen-bond donors (Lipinski definition) is 0. The molecule has 0 saturated carbocycles. The van der Waals surface area contributed by atoms with Gasteiger partial charge in [0.05, 0.1) is 17.4 Å². The van der Waals surface area contributed by atoms with E-state index in [1.165, 1.54) is 4.31 Å². The van der Waals surface area contributed by atoms with Crippen LogP contribution >= 0.6 is 0 Å². The summed E-state index contributed by atoms with van der Waals surface area (Å²) in [7, 11) is -1.59. The summed E-state index contributed by atoms with van der Waals surface area (Å²) in [5, 5.41) is 8.91. The first-order valence-electron chi connectivity index (χ1n) is 7.64. The monoisotopic (exact) mass is 335 g/mol. The largest absolute Gasteiger partial charge is 0.339 e. The number of carbonyl (C=O) groups excluding carboxylic acids is 1. The maximum absolute atomic E-state index is 12.5. The summed E-state index contributed by atoms with van der Waals surface area (Å²) in [6.07, 6.45) is 1.25. The van der Waals surface area contributed by atoms with Crippen molar-refractivity contribution in [2.45, 2.75) is 25.8 Å². The lowest BCUT2D eigenvalue weighted by atomic mass is 10.0. The van der Waals surface area contributed by atoms with Gasteiger partial charge in [-0.1, -0.05) is 6.07 Å². The number of nitrogens with zero attached hydrogens (tertiary/aromatic N) is 3. The predicted molar refractivity (Wildman–Crippen MR) is 87.3 cm³/mol. The summed E-state index contributed by atoms with van der Waals surface area (Å²) in [6.45, 7) is 2.67. The molecule has 0 bridgehead atoms. The first-order chi connectivity index (χ1) is 10.9. The summed E-state index contributed by atoms with van der Waals surface area (Å²) < 4.78 is 25.3. The van der Waals surface area contributed by atoms with Crippen molar-refractivity contribution in [2.75, 3.05) is 25.9 Å². The van der Waals surface area contributed by atoms with E-state index in [1.807, 2.05) is 6.07 Å². The fourth-order valence-corrected chi connectivity index (χ4v) is 3.84. The Morgan fingerprint density at radius 1 is 1.39 bits per heavy atom. The zero-order chi connectivity index (χ0) is 17.0. The van der Waals surface area contributed by atoms with Crippen LogP contribution in [-0.2, 0) is 10.0 Å². The van der Waals surface area contributed by atoms with Crippen LogP contribution in [0.2, 0.25) is 0 Å². The summed E-state index contributed by atoms with van der Waals surface area (Å²) in [4.78, 5) is 14.2. The van der Waals surface area contributed by atoms with Crippen molar-refractivity contribution < 1.29 is 13.2 Å². The number of hydrogen-bond acceptors (Lipinski definition) is 4. The van der Waals surface area contributed by atoms with E-state index in [2.05, 4.69) is 0 Å². The van der Waals surface area contributed by atoms with Crippen LogP contribution in [-0.4, -0.2) is 55.5 Å². The molecule has 23 heavy (non-hydrogen) atoms. The van der Waals surface area contributed by atoms with Crippen molar-refractivity contribution in [1.82, 2.24) is 9.21 Å². The number of nitriles is 1. The van der Waals surface area contributed by atoms with E-state index >= 15 is 0 Å². The molecule has 124 valence electrons. The van der Waals surface area contributed by atoms with E-state index < -0.39 is 10.0 Å². The molecule has 1 aromatic carbocycles. The maximum atomic E-state index is 12.5. The second-order valence-corrected chi connectivity index (χ2v) is 7.95. The SMILES string of the molecule is CCS(=O)(=O)N(C)C1CCN(C(=O)c2cccc(C#N)c2)CC1. The third kappa shape index (κ3) is 3.89. The normalized spacial score (nSPS) is 16.3. The van der Waals surface area contributed by atoms with Gasteiger partial charge >= 0.3 is 0 Å². The average molecular weight is 335 g/mol. The summed E-state index contributed by atoms with van der Waals surface area (Å²) in [6, 6.07) is 8.60. The van der Waals surface area contributed by atoms with Crippen LogP contribution in [0.4, 0.5) is 0 Å². The van der Waals surface area contributed by atoms with E-state index in [1.54, 1.807) is 43.1 Å². The summed E-state index contributed by atoms with van der Waals surface area (Å²) >= 11 is 0. The van der Waals surface area contributed by atoms with Gasteiger partial charge in [-0.3, -0.25) is 4.79 Å². The number of likely N-dealkylation sites (tertiary alicyclic amines) is 1. The molecule has 0 aromatic heterocycles. The molecule has 0 atom stereocenters. The topological polar surface area (TPSA) is 81.5 Å². The number of rotatable bonds is 4. The van der Waals surface area contributed by atoms with Gasteiger partial charge in [0.15, 0.2) is 0 Å². The van der Waals surface area contributed by atoms with Crippen molar-refractivity contribution in [3.8, 4) is 6.07 Å². The standard InChI is InChI=1S/C16H21N3O3S/c1-3-23(21,22)18(2)15-7-9-19(10-8-15)16(20)14-6-4-5-13(11-14)12-17/h4-6,11,15H,3,7-10H2,1-2H3. The average Bonchev–Trinajstić information content (AvgIpc) is 2.60. The minimum absolute atomic E-state index is 0.0607. The van der Waals surface area contributed by atoms with Gasteiger partial charge in [-0.15, -0.1) is 0 Å². The van der Waals surface area contributed by atoms with Gasteiger partial charge in [0.2, 0.25) is 10.0 Å². The van der Waals surface area contributed by atoms with Crippen LogP contribution in [0.3, 0.4) is 0 Å². The molecule has 1 aliphatic rings. The Kier molecular flexibility index (Phi) is 5.39. The van der Waals surface area contributed by atoms with Gasteiger partial charge < -0.3 is 4.90 Å². The highest BCUT2D eigenvalue weighted by Crippen LogP contribution is 2.20. The van der Waals surface area contributed by atoms with E-state index in [0.717, 1.165) is 0 Å². The van der Waals surface area contributed by atoms with Crippen molar-refractivity contribution in [1.29, 1.82) is 5.26 Å². The van der Waals surface area contributed by atoms with E-state index in [4.69, 9.17) is 5.26 Å². The fraction of sp³-hybridized carbons (Fsp3) is 0.500. The highest BCUT2D eigenvalue weighted by atomic mass is 32.2. The number of piperidine rings is 1. The van der Waals surface area contributed by atoms with Gasteiger partial charge in [0.1, 0.15) is 0 Å². The van der Waals surface area contributed by atoms with Gasteiger partial charge in [-0.25, -0.2) is 12.7 Å². The second kappa shape index (κ2) is 7.11. The molecule has 1 amide bonds. The predicted octanol–water partition coefficient (Wildman–Crippen LogP) is 1.44. The molecule has 6 nitrogen and oxygen atoms in total. The van der Waals surface area contributed by atoms with Crippen LogP contribution in [0.15, 0.2) is 24.3 Å². The first kappa shape index (κ1) is 17.4. The molecule has 0 aliphatic carbocycles. The van der Waals surface area contributed by atoms with Crippen LogP contribution < -0.4 is 0 Å². The fourth-order valence-electron chi connectivity index (χ4n) is 2.77. The summed E-state index contributed by atoms with van der Waals surface area (Å²) in [5.41, 5.74) is 0.955. The van der Waals surface area contributed by atoms with Gasteiger partial charge in [-0.2, -0.15) is 5.26 Å². The smallest absolute Gasteiger partial charge is 0.253 e. The lowest BCUT2D eigenvalue weighted by Crippen LogP contribution is -2.47. The van der Waals surface area contributed by atoms with Gasteiger partial charge in [0.25, 0.3) is 5.91 Å². The molecule has 1 heterocycles. The lowest BCUT2D eigenvalue weighted by Gasteiger charge is -2.36. The minimum Gasteiger partial charge on any atom is -0.339 e. The van der Waals surface area contributed by atoms with Gasteiger partial charge in [-0.05, 0) is 38.0 Å². The number of benzene rings is 1. The molecule has 2 rings (SSSR count). The highest BCUT2D eigenvalue weighted by Gasteiger charge is 2.30. The lowest BCUT2D eigenvalue weighted by molar-refractivity contribution is 0.0686. The molecule has 0 unspecified atom stereocenters. The Morgan fingerprint density at radius 2 is 2.04 bits per heavy atom. The molecule has 1 fully saturated rings. The third-order valence-electron chi connectivity index (χ3n) is 4.31. The highest BCUT2D eigenvalue weighted by molar-refractivity contribution is 7.89. The van der Waals surface area contributed by atoms with Crippen molar-refractivity contribution in [2.24, 2.45) is 0 Å². The van der Waals surface area contributed by atoms with E-state index in [0.29, 0.717) is 37.1 Å². The number of carbonyl (C=O) groups is 1. The molecule has 7 heteroatoms. The molecular weight excluding hydrogens is 314 g/mol. The number of sulfonamides is 1. The van der Waals surface area contributed by atoms with Crippen molar-refractivity contribution in [3.63, 3.8) is 0 Å². The van der Waals surface area contributed by atoms with Gasteiger partial charge in [0, 0.05) is 31.7 Å². The minimum atomic E-state index is -3.20. The first-order valence-corrected chi connectivity index (χ1v) is 9.25. The quantitative estimate of drug-likeness (QED) is 0.834. The molecule has 0 spiro atoms. The number of amides is 1. The Bertz CT molecular complexity index is 716. The maximum Gasteiger partial charge on any atom is 0.253 e. The van der Waals surface area contributed by atoms with Crippen LogP contribution in [0.1, 0.15) is 35.7 Å². The zero-order valence-electron chi connectivity index (χ0n) is 13.4.